The number of rotatable bonds is 4. The summed E-state index contributed by atoms with van der Waals surface area (Å²) in [7, 11) is 1.67. The summed E-state index contributed by atoms with van der Waals surface area (Å²) in [5.74, 6) is -0.536. The van der Waals surface area contributed by atoms with E-state index >= 15 is 0 Å². The molecule has 0 aliphatic carbocycles. The van der Waals surface area contributed by atoms with Crippen molar-refractivity contribution in [2.75, 3.05) is 46.6 Å². The molecular weight excluding hydrogens is 276 g/mol. The number of morpholine rings is 1. The number of carbonyl (C=O) groups is 2. The molecule has 7 nitrogen and oxygen atoms in total. The first-order valence-electron chi connectivity index (χ1n) is 7.46. The van der Waals surface area contributed by atoms with E-state index in [4.69, 9.17) is 14.6 Å². The molecule has 2 fully saturated rings. The zero-order valence-corrected chi connectivity index (χ0v) is 12.5. The number of likely N-dealkylation sites (tertiary alicyclic amines) is 1. The van der Waals surface area contributed by atoms with Gasteiger partial charge in [0.25, 0.3) is 0 Å². The van der Waals surface area contributed by atoms with Gasteiger partial charge in [0.1, 0.15) is 0 Å². The number of aliphatic carboxylic acids is 1. The van der Waals surface area contributed by atoms with Crippen molar-refractivity contribution < 1.29 is 24.2 Å². The molecule has 7 heteroatoms. The third kappa shape index (κ3) is 4.31. The van der Waals surface area contributed by atoms with E-state index in [9.17, 15) is 9.59 Å². The van der Waals surface area contributed by atoms with Crippen LogP contribution in [0.1, 0.15) is 19.3 Å². The lowest BCUT2D eigenvalue weighted by Gasteiger charge is -2.41. The largest absolute Gasteiger partial charge is 0.481 e. The van der Waals surface area contributed by atoms with Crippen LogP contribution >= 0.6 is 0 Å². The van der Waals surface area contributed by atoms with Gasteiger partial charge in [0.15, 0.2) is 0 Å². The van der Waals surface area contributed by atoms with Crippen LogP contribution in [0.4, 0.5) is 4.79 Å². The highest BCUT2D eigenvalue weighted by molar-refractivity contribution is 5.76. The molecule has 2 saturated heterocycles. The zero-order chi connectivity index (χ0) is 15.2. The summed E-state index contributed by atoms with van der Waals surface area (Å²) in [6.45, 7) is 3.30. The second-order valence-corrected chi connectivity index (χ2v) is 5.71. The average Bonchev–Trinajstić information content (AvgIpc) is 2.47. The first-order valence-corrected chi connectivity index (χ1v) is 7.46. The van der Waals surface area contributed by atoms with Gasteiger partial charge >= 0.3 is 12.0 Å². The first-order chi connectivity index (χ1) is 10.1. The molecule has 0 bridgehead atoms. The van der Waals surface area contributed by atoms with Crippen LogP contribution in [0.25, 0.3) is 0 Å². The number of hydrogen-bond donors (Lipinski definition) is 1. The molecule has 0 aromatic rings. The molecule has 2 aliphatic heterocycles. The van der Waals surface area contributed by atoms with Crippen LogP contribution < -0.4 is 0 Å². The van der Waals surface area contributed by atoms with Crippen molar-refractivity contribution in [3.63, 3.8) is 0 Å². The van der Waals surface area contributed by atoms with E-state index in [2.05, 4.69) is 0 Å². The highest BCUT2D eigenvalue weighted by atomic mass is 16.5. The zero-order valence-electron chi connectivity index (χ0n) is 12.5. The van der Waals surface area contributed by atoms with Crippen molar-refractivity contribution in [2.45, 2.75) is 25.3 Å². The summed E-state index contributed by atoms with van der Waals surface area (Å²) in [6.07, 6.45) is 1.97. The first kappa shape index (κ1) is 16.0. The van der Waals surface area contributed by atoms with Gasteiger partial charge in [0.2, 0.25) is 0 Å². The highest BCUT2D eigenvalue weighted by Crippen LogP contribution is 2.20. The van der Waals surface area contributed by atoms with Crippen LogP contribution in [0.15, 0.2) is 0 Å². The number of piperidine rings is 1. The summed E-state index contributed by atoms with van der Waals surface area (Å²) < 4.78 is 10.5. The van der Waals surface area contributed by atoms with E-state index in [-0.39, 0.29) is 18.5 Å². The van der Waals surface area contributed by atoms with Gasteiger partial charge in [0, 0.05) is 32.7 Å². The number of amides is 2. The van der Waals surface area contributed by atoms with Gasteiger partial charge in [-0.15, -0.1) is 0 Å². The lowest BCUT2D eigenvalue weighted by Crippen LogP contribution is -2.56. The molecule has 1 N–H and O–H groups in total. The summed E-state index contributed by atoms with van der Waals surface area (Å²) in [5, 5.41) is 8.96. The number of nitrogens with zero attached hydrogens (tertiary/aromatic N) is 2. The van der Waals surface area contributed by atoms with E-state index in [1.807, 2.05) is 4.90 Å². The summed E-state index contributed by atoms with van der Waals surface area (Å²) in [4.78, 5) is 27.1. The maximum Gasteiger partial charge on any atom is 0.320 e. The Balaban J connectivity index is 1.97. The van der Waals surface area contributed by atoms with Crippen LogP contribution in [0, 0.1) is 5.92 Å². The molecule has 0 saturated carbocycles. The molecule has 2 rings (SSSR count). The van der Waals surface area contributed by atoms with Crippen molar-refractivity contribution in [1.82, 2.24) is 9.80 Å². The fourth-order valence-electron chi connectivity index (χ4n) is 3.07. The molecule has 120 valence electrons. The van der Waals surface area contributed by atoms with Crippen molar-refractivity contribution in [2.24, 2.45) is 5.92 Å². The van der Waals surface area contributed by atoms with E-state index in [0.29, 0.717) is 38.8 Å². The number of urea groups is 1. The third-order valence-electron chi connectivity index (χ3n) is 4.08. The lowest BCUT2D eigenvalue weighted by atomic mass is 9.99. The van der Waals surface area contributed by atoms with E-state index in [0.717, 1.165) is 19.4 Å². The van der Waals surface area contributed by atoms with Gasteiger partial charge < -0.3 is 24.4 Å². The minimum atomic E-state index is -0.904. The fourth-order valence-corrected chi connectivity index (χ4v) is 3.07. The van der Waals surface area contributed by atoms with Crippen molar-refractivity contribution >= 4 is 12.0 Å². The van der Waals surface area contributed by atoms with E-state index < -0.39 is 5.97 Å². The van der Waals surface area contributed by atoms with Crippen LogP contribution in [-0.4, -0.2) is 79.5 Å². The Morgan fingerprint density at radius 1 is 1.38 bits per heavy atom. The minimum Gasteiger partial charge on any atom is -0.481 e. The molecule has 0 aromatic carbocycles. The minimum absolute atomic E-state index is 0.0645. The quantitative estimate of drug-likeness (QED) is 0.824. The number of ether oxygens (including phenoxy) is 2. The second-order valence-electron chi connectivity index (χ2n) is 5.71. The van der Waals surface area contributed by atoms with Crippen LogP contribution in [-0.2, 0) is 14.3 Å². The Kier molecular flexibility index (Phi) is 5.81. The van der Waals surface area contributed by atoms with Gasteiger partial charge in [-0.25, -0.2) is 4.79 Å². The van der Waals surface area contributed by atoms with Gasteiger partial charge in [-0.3, -0.25) is 4.79 Å². The topological polar surface area (TPSA) is 79.3 Å². The normalized spacial score (nSPS) is 26.7. The molecule has 0 radical (unpaired) electrons. The monoisotopic (exact) mass is 300 g/mol. The van der Waals surface area contributed by atoms with Gasteiger partial charge in [-0.2, -0.15) is 0 Å². The Morgan fingerprint density at radius 3 is 2.90 bits per heavy atom. The molecule has 2 aliphatic rings. The number of carboxylic acids is 1. The predicted molar refractivity (Wildman–Crippen MR) is 75.1 cm³/mol. The smallest absolute Gasteiger partial charge is 0.320 e. The van der Waals surface area contributed by atoms with Crippen LogP contribution in [0.2, 0.25) is 0 Å². The Hall–Kier alpha value is -1.34. The van der Waals surface area contributed by atoms with Crippen LogP contribution in [0.3, 0.4) is 0 Å². The molecular formula is C14H24N2O5. The highest BCUT2D eigenvalue weighted by Gasteiger charge is 2.33. The lowest BCUT2D eigenvalue weighted by molar-refractivity contribution is -0.139. The Morgan fingerprint density at radius 2 is 2.19 bits per heavy atom. The average molecular weight is 300 g/mol. The molecule has 0 aromatic heterocycles. The van der Waals surface area contributed by atoms with E-state index in [1.165, 1.54) is 0 Å². The van der Waals surface area contributed by atoms with Crippen LogP contribution in [0.5, 0.6) is 0 Å². The Bertz CT molecular complexity index is 374. The molecule has 2 heterocycles. The molecule has 2 atom stereocenters. The Labute approximate surface area is 124 Å². The summed E-state index contributed by atoms with van der Waals surface area (Å²) >= 11 is 0. The maximum atomic E-state index is 12.7. The molecule has 21 heavy (non-hydrogen) atoms. The van der Waals surface area contributed by atoms with Gasteiger partial charge in [-0.1, -0.05) is 0 Å². The SMILES string of the molecule is COCC1CCCN(C(=O)N2CCOCC2CC(=O)O)C1. The fraction of sp³-hybridized carbons (Fsp3) is 0.857. The molecule has 0 spiro atoms. The number of carbonyl (C=O) groups excluding carboxylic acids is 1. The van der Waals surface area contributed by atoms with Gasteiger partial charge in [0.05, 0.1) is 32.3 Å². The standard InChI is InChI=1S/C14H24N2O5/c1-20-9-11-3-2-4-15(8-11)14(19)16-5-6-21-10-12(16)7-13(17)18/h11-12H,2-10H2,1H3,(H,17,18). The third-order valence-corrected chi connectivity index (χ3v) is 4.08. The van der Waals surface area contributed by atoms with Crippen molar-refractivity contribution in [3.8, 4) is 0 Å². The number of methoxy groups -OCH3 is 1. The summed E-state index contributed by atoms with van der Waals surface area (Å²) in [5.41, 5.74) is 0. The molecule has 2 amide bonds. The number of carboxylic acid groups (broad SMARTS) is 1. The van der Waals surface area contributed by atoms with Crippen molar-refractivity contribution in [3.05, 3.63) is 0 Å². The maximum absolute atomic E-state index is 12.7. The molecule has 2 unspecified atom stereocenters. The second kappa shape index (κ2) is 7.61. The van der Waals surface area contributed by atoms with Gasteiger partial charge in [-0.05, 0) is 12.8 Å². The predicted octanol–water partition coefficient (Wildman–Crippen LogP) is 0.640. The van der Waals surface area contributed by atoms with Crippen molar-refractivity contribution in [1.29, 1.82) is 0 Å². The number of hydrogen-bond acceptors (Lipinski definition) is 4. The van der Waals surface area contributed by atoms with E-state index in [1.54, 1.807) is 12.0 Å². The summed E-state index contributed by atoms with van der Waals surface area (Å²) in [6, 6.07) is -0.433.